The van der Waals surface area contributed by atoms with Crippen LogP contribution in [0.1, 0.15) is 16.9 Å². The number of benzene rings is 2. The van der Waals surface area contributed by atoms with Crippen LogP contribution in [0.15, 0.2) is 70.2 Å². The maximum absolute atomic E-state index is 13.2. The number of furan rings is 1. The molecule has 1 heterocycles. The van der Waals surface area contributed by atoms with Gasteiger partial charge in [-0.05, 0) is 30.3 Å². The molecule has 0 saturated carbocycles. The molecule has 0 fully saturated rings. The molecule has 0 aliphatic carbocycles. The van der Waals surface area contributed by atoms with E-state index < -0.39 is 0 Å². The molecule has 0 bridgehead atoms. The Kier molecular flexibility index (Phi) is 4.68. The van der Waals surface area contributed by atoms with Gasteiger partial charge in [0, 0.05) is 11.1 Å². The van der Waals surface area contributed by atoms with E-state index in [2.05, 4.69) is 11.2 Å². The summed E-state index contributed by atoms with van der Waals surface area (Å²) in [7, 11) is 0. The Morgan fingerprint density at radius 1 is 1.12 bits per heavy atom. The molecule has 0 saturated heterocycles. The summed E-state index contributed by atoms with van der Waals surface area (Å²) in [6.45, 7) is 0.192. The molecule has 0 atom stereocenters. The lowest BCUT2D eigenvalue weighted by Gasteiger charge is -2.01. The van der Waals surface area contributed by atoms with Gasteiger partial charge in [-0.1, -0.05) is 35.5 Å². The van der Waals surface area contributed by atoms with Crippen molar-refractivity contribution in [2.75, 3.05) is 0 Å². The second-order valence-electron chi connectivity index (χ2n) is 4.99. The molecule has 1 aromatic heterocycles. The summed E-state index contributed by atoms with van der Waals surface area (Å²) < 4.78 is 18.8. The van der Waals surface area contributed by atoms with E-state index in [4.69, 9.17) is 14.5 Å². The highest BCUT2D eigenvalue weighted by atomic mass is 19.1. The third-order valence-corrected chi connectivity index (χ3v) is 3.35. The minimum atomic E-state index is -0.321. The fourth-order valence-electron chi connectivity index (χ4n) is 2.17. The average molecular weight is 320 g/mol. The standard InChI is InChI=1S/C19H13FN2O2/c20-17-7-3-6-14(10-17)19-9-8-18(24-19)12-22-23-13-16-5-2-1-4-15(16)11-21/h1-10,12H,13H2/b22-12-. The maximum Gasteiger partial charge on any atom is 0.149 e. The highest BCUT2D eigenvalue weighted by Crippen LogP contribution is 2.22. The van der Waals surface area contributed by atoms with Crippen LogP contribution in [0.3, 0.4) is 0 Å². The van der Waals surface area contributed by atoms with E-state index in [0.29, 0.717) is 22.6 Å². The van der Waals surface area contributed by atoms with Gasteiger partial charge in [0.05, 0.1) is 11.6 Å². The van der Waals surface area contributed by atoms with E-state index in [1.54, 1.807) is 36.4 Å². The first kappa shape index (κ1) is 15.5. The van der Waals surface area contributed by atoms with Crippen molar-refractivity contribution < 1.29 is 13.6 Å². The number of halogens is 1. The molecule has 0 radical (unpaired) electrons. The average Bonchev–Trinajstić information content (AvgIpc) is 3.08. The molecule has 2 aromatic carbocycles. The fourth-order valence-corrected chi connectivity index (χ4v) is 2.17. The number of nitriles is 1. The molecule has 3 rings (SSSR count). The molecule has 0 N–H and O–H groups in total. The van der Waals surface area contributed by atoms with Crippen molar-refractivity contribution in [3.05, 3.63) is 83.4 Å². The fraction of sp³-hybridized carbons (Fsp3) is 0.0526. The van der Waals surface area contributed by atoms with Crippen LogP contribution in [0.25, 0.3) is 11.3 Å². The van der Waals surface area contributed by atoms with Crippen LogP contribution < -0.4 is 0 Å². The largest absolute Gasteiger partial charge is 0.455 e. The van der Waals surface area contributed by atoms with Gasteiger partial charge < -0.3 is 9.25 Å². The van der Waals surface area contributed by atoms with Crippen LogP contribution in [-0.2, 0) is 11.4 Å². The number of nitrogens with zero attached hydrogens (tertiary/aromatic N) is 2. The molecule has 118 valence electrons. The molecule has 4 nitrogen and oxygen atoms in total. The zero-order valence-electron chi connectivity index (χ0n) is 12.6. The first-order valence-corrected chi connectivity index (χ1v) is 7.25. The highest BCUT2D eigenvalue weighted by molar-refractivity contribution is 5.76. The van der Waals surface area contributed by atoms with Gasteiger partial charge in [-0.2, -0.15) is 5.26 Å². The summed E-state index contributed by atoms with van der Waals surface area (Å²) in [6.07, 6.45) is 1.43. The van der Waals surface area contributed by atoms with E-state index in [9.17, 15) is 4.39 Å². The van der Waals surface area contributed by atoms with Crippen LogP contribution in [0.5, 0.6) is 0 Å². The third-order valence-electron chi connectivity index (χ3n) is 3.35. The zero-order valence-corrected chi connectivity index (χ0v) is 12.6. The smallest absolute Gasteiger partial charge is 0.149 e. The lowest BCUT2D eigenvalue weighted by atomic mass is 10.1. The predicted octanol–water partition coefficient (Wildman–Crippen LogP) is 4.51. The minimum absolute atomic E-state index is 0.192. The van der Waals surface area contributed by atoms with Crippen LogP contribution in [0.4, 0.5) is 4.39 Å². The third kappa shape index (κ3) is 3.68. The molecular formula is C19H13FN2O2. The van der Waals surface area contributed by atoms with Gasteiger partial charge in [0.2, 0.25) is 0 Å². The molecule has 0 spiro atoms. The molecule has 3 aromatic rings. The summed E-state index contributed by atoms with van der Waals surface area (Å²) >= 11 is 0. The first-order chi connectivity index (χ1) is 11.8. The lowest BCUT2D eigenvalue weighted by Crippen LogP contribution is -1.91. The number of hydrogen-bond donors (Lipinski definition) is 0. The zero-order chi connectivity index (χ0) is 16.8. The topological polar surface area (TPSA) is 58.5 Å². The van der Waals surface area contributed by atoms with E-state index in [0.717, 1.165) is 5.56 Å². The molecule has 24 heavy (non-hydrogen) atoms. The second kappa shape index (κ2) is 7.25. The van der Waals surface area contributed by atoms with Gasteiger partial charge in [0.15, 0.2) is 0 Å². The van der Waals surface area contributed by atoms with Crippen LogP contribution in [0, 0.1) is 17.1 Å². The molecular weight excluding hydrogens is 307 g/mol. The van der Waals surface area contributed by atoms with Crippen molar-refractivity contribution in [2.24, 2.45) is 5.16 Å². The Balaban J connectivity index is 1.63. The van der Waals surface area contributed by atoms with Crippen molar-refractivity contribution in [3.8, 4) is 17.4 Å². The lowest BCUT2D eigenvalue weighted by molar-refractivity contribution is 0.131. The van der Waals surface area contributed by atoms with Crippen molar-refractivity contribution in [2.45, 2.75) is 6.61 Å². The van der Waals surface area contributed by atoms with E-state index in [1.165, 1.54) is 18.3 Å². The van der Waals surface area contributed by atoms with Gasteiger partial charge in [-0.25, -0.2) is 4.39 Å². The van der Waals surface area contributed by atoms with E-state index in [1.807, 2.05) is 12.1 Å². The molecule has 5 heteroatoms. The summed E-state index contributed by atoms with van der Waals surface area (Å²) in [4.78, 5) is 5.20. The van der Waals surface area contributed by atoms with Crippen LogP contribution in [-0.4, -0.2) is 6.21 Å². The normalized spacial score (nSPS) is 10.7. The Morgan fingerprint density at radius 2 is 2.00 bits per heavy atom. The summed E-state index contributed by atoms with van der Waals surface area (Å²) in [5, 5.41) is 12.8. The summed E-state index contributed by atoms with van der Waals surface area (Å²) in [5.74, 6) is 0.715. The van der Waals surface area contributed by atoms with Crippen LogP contribution in [0.2, 0.25) is 0 Å². The van der Waals surface area contributed by atoms with Gasteiger partial charge in [0.1, 0.15) is 30.2 Å². The quantitative estimate of drug-likeness (QED) is 0.513. The molecule has 0 aliphatic rings. The minimum Gasteiger partial charge on any atom is -0.455 e. The number of hydrogen-bond acceptors (Lipinski definition) is 4. The maximum atomic E-state index is 13.2. The summed E-state index contributed by atoms with van der Waals surface area (Å²) in [6, 6.07) is 18.9. The Hall–Kier alpha value is -3.39. The van der Waals surface area contributed by atoms with Crippen molar-refractivity contribution >= 4 is 6.21 Å². The van der Waals surface area contributed by atoms with E-state index >= 15 is 0 Å². The molecule has 0 unspecified atom stereocenters. The van der Waals surface area contributed by atoms with Gasteiger partial charge in [-0.15, -0.1) is 0 Å². The van der Waals surface area contributed by atoms with E-state index in [-0.39, 0.29) is 12.4 Å². The SMILES string of the molecule is N#Cc1ccccc1CO/N=C\c1ccc(-c2cccc(F)c2)o1. The predicted molar refractivity (Wildman–Crippen MR) is 87.6 cm³/mol. The Bertz CT molecular complexity index is 909. The van der Waals surface area contributed by atoms with Crippen molar-refractivity contribution in [1.82, 2.24) is 0 Å². The first-order valence-electron chi connectivity index (χ1n) is 7.25. The monoisotopic (exact) mass is 320 g/mol. The van der Waals surface area contributed by atoms with Gasteiger partial charge >= 0.3 is 0 Å². The molecule has 0 aliphatic heterocycles. The summed E-state index contributed by atoms with van der Waals surface area (Å²) in [5.41, 5.74) is 1.97. The number of oxime groups is 1. The van der Waals surface area contributed by atoms with Crippen molar-refractivity contribution in [1.29, 1.82) is 5.26 Å². The Labute approximate surface area is 138 Å². The number of rotatable bonds is 5. The van der Waals surface area contributed by atoms with Crippen LogP contribution >= 0.6 is 0 Å². The second-order valence-corrected chi connectivity index (χ2v) is 4.99. The highest BCUT2D eigenvalue weighted by Gasteiger charge is 2.05. The van der Waals surface area contributed by atoms with Gasteiger partial charge in [-0.3, -0.25) is 0 Å². The van der Waals surface area contributed by atoms with Gasteiger partial charge in [0.25, 0.3) is 0 Å². The Morgan fingerprint density at radius 3 is 2.83 bits per heavy atom. The molecule has 0 amide bonds. The van der Waals surface area contributed by atoms with Crippen molar-refractivity contribution in [3.63, 3.8) is 0 Å².